The maximum Gasteiger partial charge on any atom is 0.226 e. The summed E-state index contributed by atoms with van der Waals surface area (Å²) in [7, 11) is 1.58. The third-order valence-electron chi connectivity index (χ3n) is 4.42. The van der Waals surface area contributed by atoms with Gasteiger partial charge in [-0.3, -0.25) is 4.79 Å². The van der Waals surface area contributed by atoms with Crippen LogP contribution in [0.2, 0.25) is 0 Å². The molecule has 0 bridgehead atoms. The number of benzene rings is 1. The highest BCUT2D eigenvalue weighted by Gasteiger charge is 2.33. The number of ether oxygens (including phenoxy) is 3. The molecular weight excluding hydrogens is 298 g/mol. The van der Waals surface area contributed by atoms with Crippen molar-refractivity contribution in [3.63, 3.8) is 0 Å². The quantitative estimate of drug-likeness (QED) is 0.896. The Balaban J connectivity index is 1.58. The molecule has 1 saturated heterocycles. The SMILES string of the molecule is COCC1(O)CCN(C(=O)Cc2ccc3c(c2)OCCO3)CC1. The van der Waals surface area contributed by atoms with Gasteiger partial charge in [0.2, 0.25) is 5.91 Å². The van der Waals surface area contributed by atoms with Gasteiger partial charge in [-0.1, -0.05) is 6.07 Å². The number of carbonyl (C=O) groups is 1. The third-order valence-corrected chi connectivity index (χ3v) is 4.42. The number of nitrogens with zero attached hydrogens (tertiary/aromatic N) is 1. The molecule has 6 nitrogen and oxygen atoms in total. The zero-order valence-electron chi connectivity index (χ0n) is 13.4. The van der Waals surface area contributed by atoms with Gasteiger partial charge in [-0.2, -0.15) is 0 Å². The molecule has 6 heteroatoms. The highest BCUT2D eigenvalue weighted by molar-refractivity contribution is 5.79. The van der Waals surface area contributed by atoms with Crippen LogP contribution in [0.5, 0.6) is 11.5 Å². The van der Waals surface area contributed by atoms with Gasteiger partial charge in [0, 0.05) is 20.2 Å². The summed E-state index contributed by atoms with van der Waals surface area (Å²) in [6, 6.07) is 5.62. The second-order valence-corrected chi connectivity index (χ2v) is 6.19. The minimum Gasteiger partial charge on any atom is -0.486 e. The smallest absolute Gasteiger partial charge is 0.226 e. The van der Waals surface area contributed by atoms with Crippen molar-refractivity contribution in [2.75, 3.05) is 40.0 Å². The highest BCUT2D eigenvalue weighted by Crippen LogP contribution is 2.31. The van der Waals surface area contributed by atoms with Crippen molar-refractivity contribution in [2.45, 2.75) is 24.9 Å². The summed E-state index contributed by atoms with van der Waals surface area (Å²) in [5.41, 5.74) is 0.111. The zero-order valence-corrected chi connectivity index (χ0v) is 13.4. The molecule has 0 unspecified atom stereocenters. The fourth-order valence-electron chi connectivity index (χ4n) is 3.07. The fraction of sp³-hybridized carbons (Fsp3) is 0.588. The molecule has 1 aromatic rings. The number of methoxy groups -OCH3 is 1. The first-order valence-electron chi connectivity index (χ1n) is 7.97. The third kappa shape index (κ3) is 3.76. The van der Waals surface area contributed by atoms with Crippen LogP contribution in [0.15, 0.2) is 18.2 Å². The Bertz CT molecular complexity index is 566. The zero-order chi connectivity index (χ0) is 16.3. The molecule has 23 heavy (non-hydrogen) atoms. The summed E-state index contributed by atoms with van der Waals surface area (Å²) < 4.78 is 16.1. The van der Waals surface area contributed by atoms with E-state index in [-0.39, 0.29) is 5.91 Å². The average molecular weight is 321 g/mol. The van der Waals surface area contributed by atoms with Gasteiger partial charge in [-0.05, 0) is 30.5 Å². The van der Waals surface area contributed by atoms with Crippen LogP contribution in [0.3, 0.4) is 0 Å². The highest BCUT2D eigenvalue weighted by atomic mass is 16.6. The van der Waals surface area contributed by atoms with Crippen molar-refractivity contribution in [2.24, 2.45) is 0 Å². The van der Waals surface area contributed by atoms with Crippen LogP contribution in [-0.4, -0.2) is 61.5 Å². The minimum atomic E-state index is -0.803. The summed E-state index contributed by atoms with van der Waals surface area (Å²) in [6.07, 6.45) is 1.43. The molecule has 1 amide bonds. The molecule has 1 fully saturated rings. The van der Waals surface area contributed by atoms with Crippen molar-refractivity contribution in [1.82, 2.24) is 4.90 Å². The minimum absolute atomic E-state index is 0.0705. The second-order valence-electron chi connectivity index (χ2n) is 6.19. The van der Waals surface area contributed by atoms with E-state index in [2.05, 4.69) is 0 Å². The summed E-state index contributed by atoms with van der Waals surface area (Å²) in [6.45, 7) is 2.53. The van der Waals surface area contributed by atoms with Gasteiger partial charge in [0.25, 0.3) is 0 Å². The first-order valence-corrected chi connectivity index (χ1v) is 7.97. The lowest BCUT2D eigenvalue weighted by Gasteiger charge is -2.37. The van der Waals surface area contributed by atoms with Crippen LogP contribution < -0.4 is 9.47 Å². The molecule has 126 valence electrons. The van der Waals surface area contributed by atoms with E-state index in [0.717, 1.165) is 11.3 Å². The molecule has 0 radical (unpaired) electrons. The van der Waals surface area contributed by atoms with E-state index in [9.17, 15) is 9.90 Å². The predicted molar refractivity (Wildman–Crippen MR) is 83.8 cm³/mol. The lowest BCUT2D eigenvalue weighted by Crippen LogP contribution is -2.49. The summed E-state index contributed by atoms with van der Waals surface area (Å²) in [4.78, 5) is 14.3. The Morgan fingerprint density at radius 3 is 2.65 bits per heavy atom. The number of amides is 1. The standard InChI is InChI=1S/C17H23NO5/c1-21-12-17(20)4-6-18(7-5-17)16(19)11-13-2-3-14-15(10-13)23-9-8-22-14/h2-3,10,20H,4-9,11-12H2,1H3. The van der Waals surface area contributed by atoms with E-state index in [4.69, 9.17) is 14.2 Å². The molecule has 0 aliphatic carbocycles. The topological polar surface area (TPSA) is 68.2 Å². The normalized spacial score (nSPS) is 19.5. The first-order chi connectivity index (χ1) is 11.1. The van der Waals surface area contributed by atoms with E-state index in [1.54, 1.807) is 12.0 Å². The van der Waals surface area contributed by atoms with Crippen molar-refractivity contribution in [1.29, 1.82) is 0 Å². The second kappa shape index (κ2) is 6.76. The molecule has 1 N–H and O–H groups in total. The molecule has 0 saturated carbocycles. The van der Waals surface area contributed by atoms with E-state index < -0.39 is 5.60 Å². The van der Waals surface area contributed by atoms with Crippen molar-refractivity contribution < 1.29 is 24.1 Å². The molecule has 3 rings (SSSR count). The Labute approximate surface area is 135 Å². The summed E-state index contributed by atoms with van der Waals surface area (Å²) in [5.74, 6) is 1.51. The average Bonchev–Trinajstić information content (AvgIpc) is 2.55. The van der Waals surface area contributed by atoms with Crippen LogP contribution in [0, 0.1) is 0 Å². The van der Waals surface area contributed by atoms with E-state index in [1.165, 1.54) is 0 Å². The van der Waals surface area contributed by atoms with Gasteiger partial charge in [0.15, 0.2) is 11.5 Å². The van der Waals surface area contributed by atoms with Crippen LogP contribution >= 0.6 is 0 Å². The summed E-state index contributed by atoms with van der Waals surface area (Å²) in [5, 5.41) is 10.3. The molecule has 2 aliphatic rings. The number of carbonyl (C=O) groups excluding carboxylic acids is 1. The van der Waals surface area contributed by atoms with Gasteiger partial charge in [-0.25, -0.2) is 0 Å². The van der Waals surface area contributed by atoms with Crippen LogP contribution in [-0.2, 0) is 16.0 Å². The van der Waals surface area contributed by atoms with Gasteiger partial charge >= 0.3 is 0 Å². The maximum absolute atomic E-state index is 12.4. The molecule has 0 atom stereocenters. The van der Waals surface area contributed by atoms with Crippen molar-refractivity contribution in [3.8, 4) is 11.5 Å². The lowest BCUT2D eigenvalue weighted by molar-refractivity contribution is -0.136. The first kappa shape index (κ1) is 16.1. The Hall–Kier alpha value is -1.79. The number of aliphatic hydroxyl groups is 1. The van der Waals surface area contributed by atoms with Gasteiger partial charge in [0.1, 0.15) is 13.2 Å². The molecule has 2 aliphatic heterocycles. The Morgan fingerprint density at radius 1 is 1.26 bits per heavy atom. The van der Waals surface area contributed by atoms with E-state index in [0.29, 0.717) is 57.9 Å². The van der Waals surface area contributed by atoms with Gasteiger partial charge in [0.05, 0.1) is 18.6 Å². The van der Waals surface area contributed by atoms with E-state index in [1.807, 2.05) is 18.2 Å². The van der Waals surface area contributed by atoms with Crippen molar-refractivity contribution in [3.05, 3.63) is 23.8 Å². The molecule has 0 aromatic heterocycles. The molecular formula is C17H23NO5. The van der Waals surface area contributed by atoms with Crippen LogP contribution in [0.4, 0.5) is 0 Å². The lowest BCUT2D eigenvalue weighted by atomic mass is 9.92. The number of hydrogen-bond donors (Lipinski definition) is 1. The molecule has 2 heterocycles. The Kier molecular flexibility index (Phi) is 4.73. The van der Waals surface area contributed by atoms with Crippen LogP contribution in [0.1, 0.15) is 18.4 Å². The largest absolute Gasteiger partial charge is 0.486 e. The monoisotopic (exact) mass is 321 g/mol. The number of rotatable bonds is 4. The number of hydrogen-bond acceptors (Lipinski definition) is 5. The van der Waals surface area contributed by atoms with Crippen LogP contribution in [0.25, 0.3) is 0 Å². The number of likely N-dealkylation sites (tertiary alicyclic amines) is 1. The van der Waals surface area contributed by atoms with E-state index >= 15 is 0 Å². The number of fused-ring (bicyclic) bond motifs is 1. The van der Waals surface area contributed by atoms with Gasteiger partial charge < -0.3 is 24.2 Å². The number of piperidine rings is 1. The fourth-order valence-corrected chi connectivity index (χ4v) is 3.07. The van der Waals surface area contributed by atoms with Crippen molar-refractivity contribution >= 4 is 5.91 Å². The Morgan fingerprint density at radius 2 is 1.96 bits per heavy atom. The predicted octanol–water partition coefficient (Wildman–Crippen LogP) is 1.00. The van der Waals surface area contributed by atoms with Gasteiger partial charge in [-0.15, -0.1) is 0 Å². The summed E-state index contributed by atoms with van der Waals surface area (Å²) >= 11 is 0. The molecule has 0 spiro atoms. The maximum atomic E-state index is 12.4. The molecule has 1 aromatic carbocycles.